The number of anilines is 1. The molecule has 0 spiro atoms. The first-order valence-electron chi connectivity index (χ1n) is 11.3. The van der Waals surface area contributed by atoms with Crippen molar-refractivity contribution in [2.75, 3.05) is 25.6 Å². The number of hydrogen-bond donors (Lipinski definition) is 1. The van der Waals surface area contributed by atoms with E-state index in [9.17, 15) is 4.39 Å². The van der Waals surface area contributed by atoms with Gasteiger partial charge in [0.15, 0.2) is 10.8 Å². The molecule has 1 saturated carbocycles. The molecule has 0 bridgehead atoms. The Labute approximate surface area is 206 Å². The van der Waals surface area contributed by atoms with Crippen LogP contribution in [-0.2, 0) is 4.74 Å². The number of rotatable bonds is 6. The van der Waals surface area contributed by atoms with Crippen LogP contribution in [0, 0.1) is 5.82 Å². The van der Waals surface area contributed by atoms with Gasteiger partial charge in [-0.25, -0.2) is 14.4 Å². The third kappa shape index (κ3) is 4.78. The second-order valence-corrected chi connectivity index (χ2v) is 10.3. The van der Waals surface area contributed by atoms with E-state index >= 15 is 0 Å². The van der Waals surface area contributed by atoms with Crippen molar-refractivity contribution in [2.24, 2.45) is 10.7 Å². The molecule has 2 N–H and O–H groups in total. The van der Waals surface area contributed by atoms with Gasteiger partial charge >= 0.3 is 0 Å². The molecule has 5 rings (SSSR count). The minimum absolute atomic E-state index is 0.0195. The minimum Gasteiger partial charge on any atom is -0.404 e. The fraction of sp³-hybridized carbons (Fsp3) is 0.417. The van der Waals surface area contributed by atoms with E-state index in [1.54, 1.807) is 18.3 Å². The number of thiazole rings is 1. The second-order valence-electron chi connectivity index (χ2n) is 8.85. The van der Waals surface area contributed by atoms with Gasteiger partial charge in [0, 0.05) is 55.2 Å². The van der Waals surface area contributed by atoms with Gasteiger partial charge in [-0.05, 0) is 43.9 Å². The van der Waals surface area contributed by atoms with Crippen molar-refractivity contribution in [2.45, 2.75) is 43.7 Å². The first kappa shape index (κ1) is 23.1. The highest BCUT2D eigenvalue weighted by Gasteiger charge is 2.30. The Bertz CT molecular complexity index is 1270. The van der Waals surface area contributed by atoms with Crippen LogP contribution in [0.5, 0.6) is 0 Å². The lowest BCUT2D eigenvalue weighted by Crippen LogP contribution is -2.28. The minimum atomic E-state index is -0.423. The molecule has 1 aliphatic carbocycles. The zero-order chi connectivity index (χ0) is 23.8. The van der Waals surface area contributed by atoms with Crippen molar-refractivity contribution in [1.82, 2.24) is 15.0 Å². The smallest absolute Gasteiger partial charge is 0.187 e. The second kappa shape index (κ2) is 9.56. The zero-order valence-corrected chi connectivity index (χ0v) is 20.6. The molecule has 178 valence electrons. The molecular weight excluding hydrogens is 475 g/mol. The Morgan fingerprint density at radius 3 is 2.79 bits per heavy atom. The lowest BCUT2D eigenvalue weighted by molar-refractivity contribution is 0.0313. The number of hydrogen-bond acceptors (Lipinski definition) is 8. The number of halogens is 2. The van der Waals surface area contributed by atoms with Crippen LogP contribution in [0.1, 0.15) is 37.4 Å². The Balaban J connectivity index is 1.53. The molecule has 2 atom stereocenters. The maximum Gasteiger partial charge on any atom is 0.187 e. The molecular formula is C24H26ClFN6OS. The summed E-state index contributed by atoms with van der Waals surface area (Å²) in [6.07, 6.45) is 6.90. The number of benzene rings is 1. The fourth-order valence-corrected chi connectivity index (χ4v) is 5.07. The molecule has 0 radical (unpaired) electrons. The summed E-state index contributed by atoms with van der Waals surface area (Å²) in [5.41, 5.74) is 8.25. The number of nitrogens with two attached hydrogens (primary N) is 1. The monoisotopic (exact) mass is 500 g/mol. The Morgan fingerprint density at radius 1 is 1.26 bits per heavy atom. The predicted molar refractivity (Wildman–Crippen MR) is 135 cm³/mol. The van der Waals surface area contributed by atoms with Crippen LogP contribution in [0.3, 0.4) is 0 Å². The van der Waals surface area contributed by atoms with Crippen LogP contribution in [-0.4, -0.2) is 54.0 Å². The average Bonchev–Trinajstić information content (AvgIpc) is 3.54. The molecule has 2 fully saturated rings. The largest absolute Gasteiger partial charge is 0.404 e. The normalized spacial score (nSPS) is 21.5. The molecule has 34 heavy (non-hydrogen) atoms. The third-order valence-electron chi connectivity index (χ3n) is 6.02. The van der Waals surface area contributed by atoms with Crippen LogP contribution in [0.15, 0.2) is 35.0 Å². The Kier molecular flexibility index (Phi) is 6.50. The van der Waals surface area contributed by atoms with Crippen LogP contribution in [0.4, 0.5) is 9.52 Å². The molecule has 2 unspecified atom stereocenters. The van der Waals surface area contributed by atoms with Gasteiger partial charge in [-0.3, -0.25) is 4.99 Å². The summed E-state index contributed by atoms with van der Waals surface area (Å²) in [7, 11) is 3.84. The lowest BCUT2D eigenvalue weighted by atomic mass is 9.91. The summed E-state index contributed by atoms with van der Waals surface area (Å²) in [6.45, 7) is 0.552. The number of nitrogens with zero attached hydrogens (tertiary/aromatic N) is 5. The van der Waals surface area contributed by atoms with E-state index in [2.05, 4.69) is 9.98 Å². The number of fused-ring (bicyclic) bond motifs is 1. The van der Waals surface area contributed by atoms with E-state index in [1.807, 2.05) is 25.2 Å². The van der Waals surface area contributed by atoms with Gasteiger partial charge in [0.2, 0.25) is 0 Å². The molecule has 2 aliphatic rings. The summed E-state index contributed by atoms with van der Waals surface area (Å²) < 4.78 is 21.7. The fourth-order valence-electron chi connectivity index (χ4n) is 3.98. The van der Waals surface area contributed by atoms with Crippen molar-refractivity contribution in [3.63, 3.8) is 0 Å². The van der Waals surface area contributed by atoms with Crippen molar-refractivity contribution in [3.05, 3.63) is 46.6 Å². The average molecular weight is 501 g/mol. The first-order chi connectivity index (χ1) is 16.4. The molecule has 1 aliphatic heterocycles. The summed E-state index contributed by atoms with van der Waals surface area (Å²) in [5, 5.41) is 1.12. The van der Waals surface area contributed by atoms with Gasteiger partial charge in [-0.2, -0.15) is 4.98 Å². The van der Waals surface area contributed by atoms with Crippen LogP contribution < -0.4 is 10.6 Å². The number of ether oxygens (including phenoxy) is 1. The Hall–Kier alpha value is -2.62. The van der Waals surface area contributed by atoms with Gasteiger partial charge in [-0.15, -0.1) is 0 Å². The lowest BCUT2D eigenvalue weighted by Gasteiger charge is -2.29. The van der Waals surface area contributed by atoms with E-state index < -0.39 is 5.82 Å². The summed E-state index contributed by atoms with van der Waals surface area (Å²) in [5.74, 6) is 0.232. The van der Waals surface area contributed by atoms with Crippen LogP contribution in [0.25, 0.3) is 21.6 Å². The molecule has 10 heteroatoms. The van der Waals surface area contributed by atoms with E-state index in [4.69, 9.17) is 32.0 Å². The van der Waals surface area contributed by atoms with E-state index in [0.717, 1.165) is 34.7 Å². The van der Waals surface area contributed by atoms with E-state index in [1.165, 1.54) is 17.4 Å². The maximum atomic E-state index is 14.9. The van der Waals surface area contributed by atoms with Gasteiger partial charge in [0.25, 0.3) is 0 Å². The molecule has 2 aromatic heterocycles. The summed E-state index contributed by atoms with van der Waals surface area (Å²) >= 11 is 7.44. The highest BCUT2D eigenvalue weighted by molar-refractivity contribution is 7.22. The maximum absolute atomic E-state index is 14.9. The highest BCUT2D eigenvalue weighted by Crippen LogP contribution is 2.38. The molecule has 3 aromatic rings. The summed E-state index contributed by atoms with van der Waals surface area (Å²) in [6, 6.07) is 5.05. The molecule has 1 saturated heterocycles. The van der Waals surface area contributed by atoms with Gasteiger partial charge < -0.3 is 15.4 Å². The molecule has 3 heterocycles. The molecule has 7 nitrogen and oxygen atoms in total. The molecule has 0 amide bonds. The molecule has 1 aromatic carbocycles. The van der Waals surface area contributed by atoms with Crippen molar-refractivity contribution >= 4 is 44.6 Å². The quantitative estimate of drug-likeness (QED) is 0.482. The van der Waals surface area contributed by atoms with Gasteiger partial charge in [-0.1, -0.05) is 22.9 Å². The van der Waals surface area contributed by atoms with Crippen molar-refractivity contribution < 1.29 is 9.13 Å². The van der Waals surface area contributed by atoms with E-state index in [-0.39, 0.29) is 12.0 Å². The number of aromatic nitrogens is 3. The van der Waals surface area contributed by atoms with Crippen LogP contribution >= 0.6 is 22.9 Å². The first-order valence-corrected chi connectivity index (χ1v) is 12.5. The summed E-state index contributed by atoms with van der Waals surface area (Å²) in [4.78, 5) is 20.9. The predicted octanol–water partition coefficient (Wildman–Crippen LogP) is 4.95. The third-order valence-corrected chi connectivity index (χ3v) is 7.48. The van der Waals surface area contributed by atoms with E-state index in [0.29, 0.717) is 46.8 Å². The standard InChI is InChI=1S/C24H26ClFN6OS/c1-32(2)24-31-23-21(34-24)20(17-6-3-15(25)10-18(17)26)29-22(30-23)13-7-8-33-19(9-13)14(11-27)12-28-16-4-5-16/h3,6,10-13,16,19H,4-5,7-9,27H2,1-2H3/b14-11+,28-12?. The highest BCUT2D eigenvalue weighted by atomic mass is 35.5. The van der Waals surface area contributed by atoms with Crippen molar-refractivity contribution in [3.8, 4) is 11.3 Å². The zero-order valence-electron chi connectivity index (χ0n) is 19.0. The van der Waals surface area contributed by atoms with Gasteiger partial charge in [0.05, 0.1) is 17.8 Å². The number of aliphatic imine (C=N–C) groups is 1. The van der Waals surface area contributed by atoms with Crippen molar-refractivity contribution in [1.29, 1.82) is 0 Å². The SMILES string of the molecule is CN(C)c1nc2nc(C3CCOC(/C(C=NC4CC4)=C/N)C3)nc(-c3ccc(Cl)cc3F)c2s1. The Morgan fingerprint density at radius 2 is 2.09 bits per heavy atom. The topological polar surface area (TPSA) is 89.5 Å². The van der Waals surface area contributed by atoms with Crippen LogP contribution in [0.2, 0.25) is 5.02 Å². The van der Waals surface area contributed by atoms with Gasteiger partial charge in [0.1, 0.15) is 16.3 Å².